The highest BCUT2D eigenvalue weighted by molar-refractivity contribution is 9.10. The molecule has 0 spiro atoms. The summed E-state index contributed by atoms with van der Waals surface area (Å²) in [7, 11) is 1.53. The number of aliphatic hydroxyl groups is 1. The van der Waals surface area contributed by atoms with Crippen LogP contribution in [-0.2, 0) is 17.8 Å². The van der Waals surface area contributed by atoms with Crippen molar-refractivity contribution in [3.05, 3.63) is 33.5 Å². The Morgan fingerprint density at radius 1 is 1.47 bits per heavy atom. The Kier molecular flexibility index (Phi) is 5.22. The average molecular weight is 277 g/mol. The molecule has 0 atom stereocenters. The molecule has 0 aliphatic rings. The van der Waals surface area contributed by atoms with Crippen LogP contribution in [0.3, 0.4) is 0 Å². The van der Waals surface area contributed by atoms with Gasteiger partial charge in [-0.1, -0.05) is 15.9 Å². The predicted molar refractivity (Wildman–Crippen MR) is 60.2 cm³/mol. The van der Waals surface area contributed by atoms with Crippen molar-refractivity contribution in [2.75, 3.05) is 13.7 Å². The average Bonchev–Trinajstić information content (AvgIpc) is 2.20. The Morgan fingerprint density at radius 3 is 2.73 bits per heavy atom. The topological polar surface area (TPSA) is 29.5 Å². The third kappa shape index (κ3) is 3.55. The Morgan fingerprint density at radius 2 is 2.20 bits per heavy atom. The minimum absolute atomic E-state index is 0.124. The summed E-state index contributed by atoms with van der Waals surface area (Å²) in [4.78, 5) is 0. The number of hydrogen-bond donors (Lipinski definition) is 1. The molecule has 1 N–H and O–H groups in total. The molecule has 0 saturated heterocycles. The van der Waals surface area contributed by atoms with Crippen molar-refractivity contribution in [3.63, 3.8) is 0 Å². The van der Waals surface area contributed by atoms with Crippen LogP contribution in [0, 0.1) is 5.82 Å². The van der Waals surface area contributed by atoms with E-state index in [1.807, 2.05) is 6.07 Å². The van der Waals surface area contributed by atoms with Gasteiger partial charge in [0.2, 0.25) is 0 Å². The summed E-state index contributed by atoms with van der Waals surface area (Å²) in [6, 6.07) is 3.36. The van der Waals surface area contributed by atoms with Crippen molar-refractivity contribution >= 4 is 15.9 Å². The monoisotopic (exact) mass is 276 g/mol. The molecule has 0 bridgehead atoms. The summed E-state index contributed by atoms with van der Waals surface area (Å²) in [5.74, 6) is -0.265. The van der Waals surface area contributed by atoms with E-state index in [0.717, 1.165) is 10.0 Å². The molecule has 4 heteroatoms. The largest absolute Gasteiger partial charge is 0.396 e. The lowest BCUT2D eigenvalue weighted by molar-refractivity contribution is 0.181. The number of aryl methyl sites for hydroxylation is 1. The fraction of sp³-hybridized carbons (Fsp3) is 0.455. The van der Waals surface area contributed by atoms with Gasteiger partial charge in [0.1, 0.15) is 5.82 Å². The Labute approximate surface area is 97.2 Å². The van der Waals surface area contributed by atoms with E-state index in [1.54, 1.807) is 0 Å². The second-order valence-corrected chi connectivity index (χ2v) is 4.15. The van der Waals surface area contributed by atoms with Crippen molar-refractivity contribution in [1.82, 2.24) is 0 Å². The van der Waals surface area contributed by atoms with E-state index in [2.05, 4.69) is 15.9 Å². The van der Waals surface area contributed by atoms with Gasteiger partial charge >= 0.3 is 0 Å². The summed E-state index contributed by atoms with van der Waals surface area (Å²) in [6.07, 6.45) is 1.33. The molecule has 1 aromatic carbocycles. The van der Waals surface area contributed by atoms with Crippen molar-refractivity contribution in [2.24, 2.45) is 0 Å². The molecule has 0 amide bonds. The molecule has 0 fully saturated rings. The first-order chi connectivity index (χ1) is 7.19. The van der Waals surface area contributed by atoms with Crippen LogP contribution in [-0.4, -0.2) is 18.8 Å². The van der Waals surface area contributed by atoms with Gasteiger partial charge in [0.25, 0.3) is 0 Å². The molecule has 1 aromatic rings. The molecule has 2 nitrogen and oxygen atoms in total. The van der Waals surface area contributed by atoms with E-state index < -0.39 is 0 Å². The van der Waals surface area contributed by atoms with Crippen LogP contribution >= 0.6 is 15.9 Å². The molecule has 0 aliphatic heterocycles. The molecule has 0 aromatic heterocycles. The number of hydrogen-bond acceptors (Lipinski definition) is 2. The van der Waals surface area contributed by atoms with Gasteiger partial charge in [0, 0.05) is 23.8 Å². The standard InChI is InChI=1S/C11H14BrFO2/c1-15-7-9-10(12)5-8(3-2-4-14)6-11(9)13/h5-6,14H,2-4,7H2,1H3. The highest BCUT2D eigenvalue weighted by atomic mass is 79.9. The zero-order chi connectivity index (χ0) is 11.3. The molecular formula is C11H14BrFO2. The zero-order valence-corrected chi connectivity index (χ0v) is 10.2. The molecule has 84 valence electrons. The lowest BCUT2D eigenvalue weighted by Gasteiger charge is -2.08. The Bertz CT molecular complexity index is 305. The van der Waals surface area contributed by atoms with E-state index in [4.69, 9.17) is 9.84 Å². The molecule has 0 radical (unpaired) electrons. The van der Waals surface area contributed by atoms with Gasteiger partial charge in [0.05, 0.1) is 6.61 Å². The van der Waals surface area contributed by atoms with E-state index in [-0.39, 0.29) is 19.0 Å². The van der Waals surface area contributed by atoms with Crippen molar-refractivity contribution < 1.29 is 14.2 Å². The normalized spacial score (nSPS) is 10.7. The van der Waals surface area contributed by atoms with Crippen LogP contribution in [0.5, 0.6) is 0 Å². The quantitative estimate of drug-likeness (QED) is 0.896. The van der Waals surface area contributed by atoms with Crippen molar-refractivity contribution in [1.29, 1.82) is 0 Å². The number of halogens is 2. The minimum Gasteiger partial charge on any atom is -0.396 e. The van der Waals surface area contributed by atoms with Gasteiger partial charge in [-0.25, -0.2) is 4.39 Å². The van der Waals surface area contributed by atoms with E-state index in [1.165, 1.54) is 13.2 Å². The Balaban J connectivity index is 2.87. The van der Waals surface area contributed by atoms with Crippen LogP contribution < -0.4 is 0 Å². The first kappa shape index (κ1) is 12.6. The van der Waals surface area contributed by atoms with Crippen LogP contribution in [0.1, 0.15) is 17.5 Å². The zero-order valence-electron chi connectivity index (χ0n) is 8.59. The Hall–Kier alpha value is -0.450. The van der Waals surface area contributed by atoms with Gasteiger partial charge < -0.3 is 9.84 Å². The smallest absolute Gasteiger partial charge is 0.130 e. The molecule has 15 heavy (non-hydrogen) atoms. The fourth-order valence-corrected chi connectivity index (χ4v) is 1.96. The van der Waals surface area contributed by atoms with Crippen LogP contribution in [0.25, 0.3) is 0 Å². The molecule has 0 saturated carbocycles. The molecule has 1 rings (SSSR count). The molecule has 0 unspecified atom stereocenters. The highest BCUT2D eigenvalue weighted by Gasteiger charge is 2.08. The van der Waals surface area contributed by atoms with Gasteiger partial charge in [-0.2, -0.15) is 0 Å². The summed E-state index contributed by atoms with van der Waals surface area (Å²) in [5.41, 5.74) is 1.42. The first-order valence-corrected chi connectivity index (χ1v) is 5.55. The fourth-order valence-electron chi connectivity index (χ4n) is 1.37. The highest BCUT2D eigenvalue weighted by Crippen LogP contribution is 2.23. The lowest BCUT2D eigenvalue weighted by Crippen LogP contribution is -1.98. The van der Waals surface area contributed by atoms with Crippen LogP contribution in [0.2, 0.25) is 0 Å². The maximum atomic E-state index is 13.6. The van der Waals surface area contributed by atoms with Gasteiger partial charge in [0.15, 0.2) is 0 Å². The third-order valence-corrected chi connectivity index (χ3v) is 2.82. The second kappa shape index (κ2) is 6.20. The van der Waals surface area contributed by atoms with Crippen LogP contribution in [0.4, 0.5) is 4.39 Å². The molecule has 0 heterocycles. The lowest BCUT2D eigenvalue weighted by atomic mass is 10.1. The number of aliphatic hydroxyl groups excluding tert-OH is 1. The van der Waals surface area contributed by atoms with Gasteiger partial charge in [-0.3, -0.25) is 0 Å². The number of methoxy groups -OCH3 is 1. The third-order valence-electron chi connectivity index (χ3n) is 2.11. The van der Waals surface area contributed by atoms with E-state index in [9.17, 15) is 4.39 Å². The van der Waals surface area contributed by atoms with E-state index >= 15 is 0 Å². The number of rotatable bonds is 5. The van der Waals surface area contributed by atoms with Gasteiger partial charge in [-0.05, 0) is 30.5 Å². The second-order valence-electron chi connectivity index (χ2n) is 3.30. The van der Waals surface area contributed by atoms with Crippen LogP contribution in [0.15, 0.2) is 16.6 Å². The maximum absolute atomic E-state index is 13.6. The molecular weight excluding hydrogens is 263 g/mol. The minimum atomic E-state index is -0.265. The number of benzene rings is 1. The number of ether oxygens (including phenoxy) is 1. The molecule has 0 aliphatic carbocycles. The van der Waals surface area contributed by atoms with E-state index in [0.29, 0.717) is 18.4 Å². The maximum Gasteiger partial charge on any atom is 0.130 e. The summed E-state index contributed by atoms with van der Waals surface area (Å²) < 4.78 is 19.2. The summed E-state index contributed by atoms with van der Waals surface area (Å²) in [6.45, 7) is 0.381. The van der Waals surface area contributed by atoms with Gasteiger partial charge in [-0.15, -0.1) is 0 Å². The SMILES string of the molecule is COCc1c(F)cc(CCCO)cc1Br. The van der Waals surface area contributed by atoms with Crippen molar-refractivity contribution in [2.45, 2.75) is 19.4 Å². The first-order valence-electron chi connectivity index (χ1n) is 4.75. The summed E-state index contributed by atoms with van der Waals surface area (Å²) in [5, 5.41) is 8.68. The summed E-state index contributed by atoms with van der Waals surface area (Å²) >= 11 is 3.31. The predicted octanol–water partition coefficient (Wildman–Crippen LogP) is 2.66. The van der Waals surface area contributed by atoms with Crippen molar-refractivity contribution in [3.8, 4) is 0 Å².